The number of carbonyl (C=O) groups is 1. The summed E-state index contributed by atoms with van der Waals surface area (Å²) in [5.74, 6) is 0. The van der Waals surface area contributed by atoms with Crippen molar-refractivity contribution >= 4 is 6.03 Å². The highest BCUT2D eigenvalue weighted by atomic mass is 16.2. The monoisotopic (exact) mass is 131 g/mol. The summed E-state index contributed by atoms with van der Waals surface area (Å²) in [4.78, 5) is 12.3. The first kappa shape index (κ1) is 8.23. The molecule has 2 amide bonds. The van der Waals surface area contributed by atoms with Crippen molar-refractivity contribution in [3.63, 3.8) is 0 Å². The van der Waals surface area contributed by atoms with Gasteiger partial charge in [-0.1, -0.05) is 0 Å². The minimum absolute atomic E-state index is 0.111. The molecule has 9 heavy (non-hydrogen) atoms. The Balaban J connectivity index is 3.46. The van der Waals surface area contributed by atoms with E-state index < -0.39 is 0 Å². The molecule has 0 aliphatic heterocycles. The van der Waals surface area contributed by atoms with Crippen molar-refractivity contribution in [2.75, 3.05) is 20.6 Å². The van der Waals surface area contributed by atoms with Gasteiger partial charge in [-0.25, -0.2) is 10.2 Å². The predicted molar refractivity (Wildman–Crippen MR) is 35.9 cm³/mol. The van der Waals surface area contributed by atoms with Crippen LogP contribution in [0.3, 0.4) is 0 Å². The van der Waals surface area contributed by atoms with Crippen LogP contribution in [0.4, 0.5) is 4.79 Å². The number of hydrazine groups is 1. The van der Waals surface area contributed by atoms with Gasteiger partial charge in [0, 0.05) is 20.6 Å². The van der Waals surface area contributed by atoms with Crippen LogP contribution in [0.25, 0.3) is 0 Å². The smallest absolute Gasteiger partial charge is 0.327 e. The summed E-state index contributed by atoms with van der Waals surface area (Å²) < 4.78 is 0. The van der Waals surface area contributed by atoms with Crippen LogP contribution in [0.5, 0.6) is 0 Å². The van der Waals surface area contributed by atoms with Crippen LogP contribution in [-0.4, -0.2) is 31.6 Å². The fourth-order valence-electron chi connectivity index (χ4n) is 0.346. The Morgan fingerprint density at radius 2 is 2.22 bits per heavy atom. The Morgan fingerprint density at radius 1 is 1.67 bits per heavy atom. The van der Waals surface area contributed by atoms with Gasteiger partial charge in [0.2, 0.25) is 0 Å². The van der Waals surface area contributed by atoms with Gasteiger partial charge >= 0.3 is 6.03 Å². The minimum atomic E-state index is -0.111. The van der Waals surface area contributed by atoms with E-state index in [0.717, 1.165) is 0 Å². The van der Waals surface area contributed by atoms with E-state index in [1.54, 1.807) is 19.0 Å². The Kier molecular flexibility index (Phi) is 3.79. The van der Waals surface area contributed by atoms with Gasteiger partial charge in [0.15, 0.2) is 0 Å². The van der Waals surface area contributed by atoms with Crippen LogP contribution in [-0.2, 0) is 0 Å². The lowest BCUT2D eigenvalue weighted by Crippen LogP contribution is -2.43. The number of amides is 2. The molecular formula is C5H13N3O. The maximum atomic E-state index is 10.7. The molecule has 0 rings (SSSR count). The van der Waals surface area contributed by atoms with Crippen LogP contribution in [0.2, 0.25) is 0 Å². The highest BCUT2D eigenvalue weighted by molar-refractivity contribution is 5.73. The molecule has 0 heterocycles. The van der Waals surface area contributed by atoms with Crippen molar-refractivity contribution in [1.82, 2.24) is 15.8 Å². The van der Waals surface area contributed by atoms with E-state index in [4.69, 9.17) is 0 Å². The quantitative estimate of drug-likeness (QED) is 0.509. The number of carbonyl (C=O) groups excluding carboxylic acids is 1. The molecule has 0 aliphatic rings. The molecule has 0 aromatic carbocycles. The Morgan fingerprint density at radius 3 is 2.56 bits per heavy atom. The topological polar surface area (TPSA) is 44.4 Å². The molecule has 0 aromatic heterocycles. The van der Waals surface area contributed by atoms with E-state index in [2.05, 4.69) is 10.9 Å². The summed E-state index contributed by atoms with van der Waals surface area (Å²) >= 11 is 0. The SMILES string of the molecule is CCN(C)C(=O)NNC. The molecule has 0 fully saturated rings. The van der Waals surface area contributed by atoms with Gasteiger partial charge < -0.3 is 4.90 Å². The second-order valence-corrected chi connectivity index (χ2v) is 1.69. The molecule has 0 saturated carbocycles. The second kappa shape index (κ2) is 4.14. The summed E-state index contributed by atoms with van der Waals surface area (Å²) in [6.07, 6.45) is 0. The fraction of sp³-hybridized carbons (Fsp3) is 0.800. The molecule has 0 radical (unpaired) electrons. The molecule has 0 atom stereocenters. The summed E-state index contributed by atoms with van der Waals surface area (Å²) in [7, 11) is 3.38. The minimum Gasteiger partial charge on any atom is -0.327 e. The standard InChI is InChI=1S/C5H13N3O/c1-4-8(3)5(9)7-6-2/h6H,4H2,1-3H3,(H,7,9). The second-order valence-electron chi connectivity index (χ2n) is 1.69. The number of nitrogens with one attached hydrogen (secondary N) is 2. The lowest BCUT2D eigenvalue weighted by Gasteiger charge is -2.13. The molecule has 0 aromatic rings. The average molecular weight is 131 g/mol. The average Bonchev–Trinajstić information content (AvgIpc) is 1.87. The third-order valence-electron chi connectivity index (χ3n) is 1.05. The molecular weight excluding hydrogens is 118 g/mol. The van der Waals surface area contributed by atoms with Crippen molar-refractivity contribution in [1.29, 1.82) is 0 Å². The normalized spacial score (nSPS) is 8.78. The first-order chi connectivity index (χ1) is 4.22. The zero-order valence-electron chi connectivity index (χ0n) is 6.06. The van der Waals surface area contributed by atoms with Crippen molar-refractivity contribution in [3.8, 4) is 0 Å². The largest absolute Gasteiger partial charge is 0.331 e. The summed E-state index contributed by atoms with van der Waals surface area (Å²) in [5, 5.41) is 0. The maximum absolute atomic E-state index is 10.7. The number of hydrogen-bond acceptors (Lipinski definition) is 2. The Bertz CT molecular complexity index is 94.2. The molecule has 0 aliphatic carbocycles. The number of nitrogens with zero attached hydrogens (tertiary/aromatic N) is 1. The van der Waals surface area contributed by atoms with E-state index in [-0.39, 0.29) is 6.03 Å². The summed E-state index contributed by atoms with van der Waals surface area (Å²) in [6, 6.07) is -0.111. The molecule has 0 bridgehead atoms. The lowest BCUT2D eigenvalue weighted by molar-refractivity contribution is 0.207. The highest BCUT2D eigenvalue weighted by Crippen LogP contribution is 1.78. The van der Waals surface area contributed by atoms with Gasteiger partial charge in [0.25, 0.3) is 0 Å². The Hall–Kier alpha value is -0.770. The van der Waals surface area contributed by atoms with E-state index in [1.165, 1.54) is 0 Å². The van der Waals surface area contributed by atoms with Crippen molar-refractivity contribution in [2.45, 2.75) is 6.92 Å². The molecule has 4 nitrogen and oxygen atoms in total. The summed E-state index contributed by atoms with van der Waals surface area (Å²) in [6.45, 7) is 2.63. The van der Waals surface area contributed by atoms with E-state index in [0.29, 0.717) is 6.54 Å². The van der Waals surface area contributed by atoms with E-state index >= 15 is 0 Å². The van der Waals surface area contributed by atoms with Gasteiger partial charge in [-0.15, -0.1) is 0 Å². The van der Waals surface area contributed by atoms with E-state index in [9.17, 15) is 4.79 Å². The van der Waals surface area contributed by atoms with Crippen LogP contribution in [0.15, 0.2) is 0 Å². The Labute approximate surface area is 55.2 Å². The first-order valence-corrected chi connectivity index (χ1v) is 2.90. The number of hydrogen-bond donors (Lipinski definition) is 2. The van der Waals surface area contributed by atoms with Gasteiger partial charge in [-0.05, 0) is 6.92 Å². The molecule has 4 heteroatoms. The third kappa shape index (κ3) is 2.92. The number of rotatable bonds is 2. The zero-order chi connectivity index (χ0) is 7.28. The first-order valence-electron chi connectivity index (χ1n) is 2.90. The van der Waals surface area contributed by atoms with Crippen LogP contribution in [0, 0.1) is 0 Å². The van der Waals surface area contributed by atoms with E-state index in [1.807, 2.05) is 6.92 Å². The lowest BCUT2D eigenvalue weighted by atomic mass is 10.6. The van der Waals surface area contributed by atoms with Gasteiger partial charge in [-0.3, -0.25) is 5.43 Å². The molecule has 0 unspecified atom stereocenters. The molecule has 0 saturated heterocycles. The van der Waals surface area contributed by atoms with Gasteiger partial charge in [-0.2, -0.15) is 0 Å². The molecule has 0 spiro atoms. The van der Waals surface area contributed by atoms with Crippen molar-refractivity contribution in [2.24, 2.45) is 0 Å². The molecule has 54 valence electrons. The number of urea groups is 1. The fourth-order valence-corrected chi connectivity index (χ4v) is 0.346. The van der Waals surface area contributed by atoms with Crippen LogP contribution >= 0.6 is 0 Å². The molecule has 2 N–H and O–H groups in total. The predicted octanol–water partition coefficient (Wildman–Crippen LogP) is -0.218. The zero-order valence-corrected chi connectivity index (χ0v) is 6.06. The van der Waals surface area contributed by atoms with Crippen LogP contribution < -0.4 is 10.9 Å². The highest BCUT2D eigenvalue weighted by Gasteiger charge is 2.01. The maximum Gasteiger partial charge on any atom is 0.331 e. The third-order valence-corrected chi connectivity index (χ3v) is 1.05. The van der Waals surface area contributed by atoms with Crippen molar-refractivity contribution < 1.29 is 4.79 Å². The van der Waals surface area contributed by atoms with Gasteiger partial charge in [0.05, 0.1) is 0 Å². The van der Waals surface area contributed by atoms with Gasteiger partial charge in [0.1, 0.15) is 0 Å². The summed E-state index contributed by atoms with van der Waals surface area (Å²) in [5.41, 5.74) is 4.97. The van der Waals surface area contributed by atoms with Crippen LogP contribution in [0.1, 0.15) is 6.92 Å². The van der Waals surface area contributed by atoms with Crippen molar-refractivity contribution in [3.05, 3.63) is 0 Å².